The minimum Gasteiger partial charge on any atom is -0.569 e. The first-order valence-electron chi connectivity index (χ1n) is 6.22. The minimum atomic E-state index is -0.460. The van der Waals surface area contributed by atoms with Crippen LogP contribution in [-0.4, -0.2) is 29.6 Å². The van der Waals surface area contributed by atoms with E-state index in [-0.39, 0.29) is 123 Å². The molecule has 0 aromatic carbocycles. The van der Waals surface area contributed by atoms with Crippen molar-refractivity contribution in [3.05, 3.63) is 21.1 Å². The number of rotatable bonds is 2. The number of carbonyl (C=O) groups is 1. The van der Waals surface area contributed by atoms with Gasteiger partial charge in [0.15, 0.2) is 6.79 Å². The van der Waals surface area contributed by atoms with Crippen LogP contribution < -0.4 is 0 Å². The maximum Gasteiger partial charge on any atom is 0.313 e. The number of ether oxygens (including phenoxy) is 2. The van der Waals surface area contributed by atoms with Gasteiger partial charge in [-0.05, 0) is 26.2 Å². The molecule has 0 aliphatic rings. The monoisotopic (exact) mass is 560 g/mol. The molecule has 0 spiro atoms. The molecule has 0 aromatic rings. The van der Waals surface area contributed by atoms with E-state index in [4.69, 9.17) is 10.2 Å². The van der Waals surface area contributed by atoms with Crippen molar-refractivity contribution in [1.82, 2.24) is 0 Å². The summed E-state index contributed by atoms with van der Waals surface area (Å²) in [5.41, 5.74) is -0.363. The van der Waals surface area contributed by atoms with Gasteiger partial charge in [-0.2, -0.15) is 6.92 Å². The Labute approximate surface area is 219 Å². The number of carbonyl (C=O) groups excluding carboxylic acids is 1. The first-order chi connectivity index (χ1) is 9.04. The summed E-state index contributed by atoms with van der Waals surface area (Å²) in [6.07, 6.45) is 0. The third kappa shape index (κ3) is 51.6. The van der Waals surface area contributed by atoms with Crippen LogP contribution in [0.25, 0.3) is 0 Å². The summed E-state index contributed by atoms with van der Waals surface area (Å²) in [5.74, 6) is -0.281. The second kappa shape index (κ2) is 29.4. The van der Waals surface area contributed by atoms with Gasteiger partial charge in [-0.15, -0.1) is 0 Å². The van der Waals surface area contributed by atoms with E-state index in [9.17, 15) is 4.79 Å². The number of aliphatic hydroxyl groups is 2. The van der Waals surface area contributed by atoms with Crippen molar-refractivity contribution in [3.63, 3.8) is 0 Å². The third-order valence-electron chi connectivity index (χ3n) is 1.36. The maximum atomic E-state index is 10.9. The summed E-state index contributed by atoms with van der Waals surface area (Å²) < 4.78 is 8.95. The van der Waals surface area contributed by atoms with Gasteiger partial charge in [0.2, 0.25) is 0 Å². The van der Waals surface area contributed by atoms with Gasteiger partial charge in [-0.25, -0.2) is 14.2 Å². The third-order valence-corrected chi connectivity index (χ3v) is 1.36. The minimum absolute atomic E-state index is 0. The van der Waals surface area contributed by atoms with E-state index in [1.807, 2.05) is 20.8 Å². The molecule has 0 fully saturated rings. The molecule has 0 aromatic heterocycles. The SMILES string of the molecule is CC(C)(C)CO.[CH2-]C.[CH2-]O.[CH2-]OCOC(=O)C(C)(C)C.[Y].[Y].[Y]. The fourth-order valence-electron chi connectivity index (χ4n) is 0.312. The normalized spacial score (nSPS) is 8.52. The van der Waals surface area contributed by atoms with Gasteiger partial charge >= 0.3 is 5.97 Å². The Balaban J connectivity index is -0.0000000346. The second-order valence-electron chi connectivity index (χ2n) is 5.72. The van der Waals surface area contributed by atoms with Crippen molar-refractivity contribution < 1.29 is 123 Å². The van der Waals surface area contributed by atoms with Crippen molar-refractivity contribution in [2.45, 2.75) is 48.5 Å². The van der Waals surface area contributed by atoms with Gasteiger partial charge in [0.05, 0.1) is 5.41 Å². The van der Waals surface area contributed by atoms with Crippen molar-refractivity contribution >= 4 is 5.97 Å². The molecule has 0 aliphatic heterocycles. The van der Waals surface area contributed by atoms with Crippen LogP contribution in [-0.2, 0) is 112 Å². The van der Waals surface area contributed by atoms with Crippen molar-refractivity contribution in [2.24, 2.45) is 10.8 Å². The van der Waals surface area contributed by atoms with Gasteiger partial charge in [0, 0.05) is 105 Å². The first-order valence-corrected chi connectivity index (χ1v) is 6.22. The Morgan fingerprint density at radius 3 is 1.35 bits per heavy atom. The largest absolute Gasteiger partial charge is 0.569 e. The number of esters is 1. The van der Waals surface area contributed by atoms with E-state index < -0.39 is 5.41 Å². The van der Waals surface area contributed by atoms with Crippen molar-refractivity contribution in [3.8, 4) is 0 Å². The van der Waals surface area contributed by atoms with Gasteiger partial charge in [-0.1, -0.05) is 20.8 Å². The predicted octanol–water partition coefficient (Wildman–Crippen LogP) is 3.35. The summed E-state index contributed by atoms with van der Waals surface area (Å²) in [6, 6.07) is 0. The molecule has 2 N–H and O–H groups in total. The quantitative estimate of drug-likeness (QED) is 0.308. The van der Waals surface area contributed by atoms with Crippen LogP contribution in [0.3, 0.4) is 0 Å². The van der Waals surface area contributed by atoms with Gasteiger partial charge in [0.1, 0.15) is 0 Å². The summed E-state index contributed by atoms with van der Waals surface area (Å²) in [4.78, 5) is 10.9. The molecule has 0 heterocycles. The smallest absolute Gasteiger partial charge is 0.313 e. The second-order valence-corrected chi connectivity index (χ2v) is 5.72. The molecular weight excluding hydrogens is 527 g/mol. The number of hydrogen-bond donors (Lipinski definition) is 2. The zero-order valence-corrected chi connectivity index (χ0v) is 24.4. The van der Waals surface area contributed by atoms with Crippen LogP contribution in [0.15, 0.2) is 0 Å². The molecule has 0 saturated heterocycles. The summed E-state index contributed by atoms with van der Waals surface area (Å²) in [5, 5.41) is 15.2. The molecule has 0 atom stereocenters. The fraction of sp³-hybridized carbons (Fsp3) is 0.733. The van der Waals surface area contributed by atoms with Gasteiger partial charge in [-0.3, -0.25) is 4.79 Å². The fourth-order valence-corrected chi connectivity index (χ4v) is 0.312. The summed E-state index contributed by atoms with van der Waals surface area (Å²) >= 11 is 0. The molecule has 0 bridgehead atoms. The van der Waals surface area contributed by atoms with Crippen molar-refractivity contribution in [1.29, 1.82) is 0 Å². The molecule has 8 heteroatoms. The Kier molecular flexibility index (Phi) is 57.3. The van der Waals surface area contributed by atoms with Crippen LogP contribution in [0.1, 0.15) is 48.5 Å². The molecule has 0 rings (SSSR count). The van der Waals surface area contributed by atoms with Crippen LogP contribution in [0.2, 0.25) is 0 Å². The van der Waals surface area contributed by atoms with Crippen LogP contribution >= 0.6 is 0 Å². The molecule has 23 heavy (non-hydrogen) atoms. The molecule has 5 nitrogen and oxygen atoms in total. The average Bonchev–Trinajstić information content (AvgIpc) is 2.39. The van der Waals surface area contributed by atoms with E-state index >= 15 is 0 Å². The molecule has 0 unspecified atom stereocenters. The molecular formula is C15H33O5Y3-3. The summed E-state index contributed by atoms with van der Waals surface area (Å²) in [7, 11) is 5.31. The van der Waals surface area contributed by atoms with Crippen LogP contribution in [0.5, 0.6) is 0 Å². The molecule has 3 radical (unpaired) electrons. The molecule has 0 amide bonds. The number of aliphatic hydroxyl groups excluding tert-OH is 2. The molecule has 0 aliphatic carbocycles. The Morgan fingerprint density at radius 2 is 1.22 bits per heavy atom. The van der Waals surface area contributed by atoms with E-state index in [1.165, 1.54) is 0 Å². The maximum absolute atomic E-state index is 10.9. The van der Waals surface area contributed by atoms with Crippen molar-refractivity contribution in [2.75, 3.05) is 13.4 Å². The summed E-state index contributed by atoms with van der Waals surface area (Å²) in [6.45, 7) is 16.5. The Bertz CT molecular complexity index is 202. The van der Waals surface area contributed by atoms with E-state index in [2.05, 4.69) is 30.6 Å². The van der Waals surface area contributed by atoms with Crippen LogP contribution in [0.4, 0.5) is 0 Å². The van der Waals surface area contributed by atoms with Gasteiger partial charge < -0.3 is 26.6 Å². The van der Waals surface area contributed by atoms with E-state index in [0.717, 1.165) is 0 Å². The van der Waals surface area contributed by atoms with E-state index in [0.29, 0.717) is 0 Å². The topological polar surface area (TPSA) is 76.0 Å². The molecule has 0 saturated carbocycles. The molecule has 135 valence electrons. The van der Waals surface area contributed by atoms with Gasteiger partial charge in [0.25, 0.3) is 0 Å². The predicted molar refractivity (Wildman–Crippen MR) is 81.7 cm³/mol. The average molecular weight is 560 g/mol. The Morgan fingerprint density at radius 1 is 0.957 bits per heavy atom. The van der Waals surface area contributed by atoms with Crippen LogP contribution in [0, 0.1) is 32.0 Å². The van der Waals surface area contributed by atoms with E-state index in [1.54, 1.807) is 27.7 Å². The zero-order valence-electron chi connectivity index (χ0n) is 15.9. The first kappa shape index (κ1) is 44.8. The standard InChI is InChI=1S/C7H13O3.C5H12O.C2H5.CH3O.3Y/c1-7(2,3)6(8)10-5-9-4;1-5(2,3)4-6;2*1-2;;;/h4-5H2,1-3H3;6H,4H2,1-3H3;1H2,2H3;2H,1H2;;;/q-1;;2*-1;;;. The Hall–Kier alpha value is 2.66. The zero-order chi connectivity index (χ0) is 17.4. The number of hydrogen-bond acceptors (Lipinski definition) is 5.